The van der Waals surface area contributed by atoms with Crippen LogP contribution in [0.1, 0.15) is 11.4 Å². The largest absolute Gasteiger partial charge is 0.493 e. The summed E-state index contributed by atoms with van der Waals surface area (Å²) in [5.74, 6) is 3.96. The van der Waals surface area contributed by atoms with Gasteiger partial charge in [0.25, 0.3) is 0 Å². The van der Waals surface area contributed by atoms with Crippen molar-refractivity contribution in [1.29, 1.82) is 5.26 Å². The van der Waals surface area contributed by atoms with Gasteiger partial charge in [-0.25, -0.2) is 4.98 Å². The van der Waals surface area contributed by atoms with E-state index in [4.69, 9.17) is 15.9 Å². The van der Waals surface area contributed by atoms with Crippen LogP contribution in [0.4, 0.5) is 0 Å². The monoisotopic (exact) mass is 329 g/mol. The molecule has 2 aromatic carbocycles. The summed E-state index contributed by atoms with van der Waals surface area (Å²) in [6.07, 6.45) is 6.98. The average molecular weight is 329 g/mol. The zero-order valence-corrected chi connectivity index (χ0v) is 13.6. The van der Waals surface area contributed by atoms with Crippen LogP contribution in [0.2, 0.25) is 0 Å². The van der Waals surface area contributed by atoms with E-state index in [0.717, 1.165) is 11.0 Å². The van der Waals surface area contributed by atoms with Crippen LogP contribution in [-0.2, 0) is 0 Å². The van der Waals surface area contributed by atoms with E-state index in [1.54, 1.807) is 19.3 Å². The molecule has 0 bridgehead atoms. The molecule has 0 aliphatic carbocycles. The van der Waals surface area contributed by atoms with Gasteiger partial charge in [-0.15, -0.1) is 6.42 Å². The van der Waals surface area contributed by atoms with Crippen molar-refractivity contribution in [2.75, 3.05) is 13.7 Å². The number of H-pyrrole nitrogens is 1. The Kier molecular flexibility index (Phi) is 4.69. The first-order valence-corrected chi connectivity index (χ1v) is 7.57. The first-order valence-electron chi connectivity index (χ1n) is 7.57. The zero-order valence-electron chi connectivity index (χ0n) is 13.6. The lowest BCUT2D eigenvalue weighted by Gasteiger charge is -2.11. The van der Waals surface area contributed by atoms with E-state index in [2.05, 4.69) is 22.0 Å². The van der Waals surface area contributed by atoms with Gasteiger partial charge in [-0.3, -0.25) is 0 Å². The molecule has 0 saturated carbocycles. The van der Waals surface area contributed by atoms with Crippen LogP contribution < -0.4 is 9.47 Å². The van der Waals surface area contributed by atoms with Crippen molar-refractivity contribution in [3.05, 3.63) is 53.9 Å². The number of hydrogen-bond acceptors (Lipinski definition) is 4. The van der Waals surface area contributed by atoms with E-state index in [0.29, 0.717) is 28.5 Å². The van der Waals surface area contributed by atoms with Gasteiger partial charge in [0, 0.05) is 5.56 Å². The lowest BCUT2D eigenvalue weighted by atomic mass is 10.1. The first-order chi connectivity index (χ1) is 12.3. The Morgan fingerprint density at radius 2 is 2.12 bits per heavy atom. The summed E-state index contributed by atoms with van der Waals surface area (Å²) >= 11 is 0. The van der Waals surface area contributed by atoms with E-state index in [1.807, 2.05) is 36.4 Å². The number of imidazole rings is 1. The molecule has 3 rings (SSSR count). The number of para-hydroxylation sites is 3. The van der Waals surface area contributed by atoms with Crippen LogP contribution in [0, 0.1) is 23.7 Å². The molecule has 0 atom stereocenters. The number of methoxy groups -OCH3 is 1. The Balaban J connectivity index is 2.08. The summed E-state index contributed by atoms with van der Waals surface area (Å²) in [5, 5.41) is 9.58. The second-order valence-corrected chi connectivity index (χ2v) is 5.14. The van der Waals surface area contributed by atoms with Gasteiger partial charge in [0.05, 0.1) is 23.7 Å². The standard InChI is InChI=1S/C20H15N3O2/c1-3-11-25-19-14(7-6-10-18(19)24-2)12-15(13-21)20-22-16-8-4-5-9-17(16)23-20/h1,4-10,12H,11H2,2H3,(H,22,23)/b15-12-. The number of ether oxygens (including phenoxy) is 2. The van der Waals surface area contributed by atoms with Gasteiger partial charge in [-0.2, -0.15) is 5.26 Å². The number of nitrogens with zero attached hydrogens (tertiary/aromatic N) is 2. The number of nitriles is 1. The molecule has 5 nitrogen and oxygen atoms in total. The molecule has 25 heavy (non-hydrogen) atoms. The molecule has 3 aromatic rings. The fourth-order valence-electron chi connectivity index (χ4n) is 2.46. The molecule has 0 aliphatic heterocycles. The molecule has 0 aliphatic rings. The first kappa shape index (κ1) is 16.2. The van der Waals surface area contributed by atoms with Crippen molar-refractivity contribution < 1.29 is 9.47 Å². The van der Waals surface area contributed by atoms with Crippen LogP contribution in [-0.4, -0.2) is 23.7 Å². The van der Waals surface area contributed by atoms with Gasteiger partial charge < -0.3 is 14.5 Å². The Hall–Kier alpha value is -3.70. The van der Waals surface area contributed by atoms with E-state index in [1.165, 1.54) is 0 Å². The molecule has 5 heteroatoms. The Bertz CT molecular complexity index is 986. The van der Waals surface area contributed by atoms with Gasteiger partial charge in [0.2, 0.25) is 0 Å². The topological polar surface area (TPSA) is 70.9 Å². The average Bonchev–Trinajstić information content (AvgIpc) is 3.08. The highest BCUT2D eigenvalue weighted by Crippen LogP contribution is 2.33. The highest BCUT2D eigenvalue weighted by atomic mass is 16.5. The number of hydrogen-bond donors (Lipinski definition) is 1. The number of benzene rings is 2. The molecule has 1 aromatic heterocycles. The minimum absolute atomic E-state index is 0.105. The summed E-state index contributed by atoms with van der Waals surface area (Å²) < 4.78 is 10.9. The molecular weight excluding hydrogens is 314 g/mol. The summed E-state index contributed by atoms with van der Waals surface area (Å²) in [6.45, 7) is 0.105. The van der Waals surface area contributed by atoms with E-state index in [9.17, 15) is 5.26 Å². The molecule has 0 radical (unpaired) electrons. The summed E-state index contributed by atoms with van der Waals surface area (Å²) in [5.41, 5.74) is 2.74. The smallest absolute Gasteiger partial charge is 0.169 e. The molecule has 1 heterocycles. The lowest BCUT2D eigenvalue weighted by molar-refractivity contribution is 0.330. The van der Waals surface area contributed by atoms with Crippen LogP contribution in [0.3, 0.4) is 0 Å². The van der Waals surface area contributed by atoms with Crippen molar-refractivity contribution >= 4 is 22.7 Å². The van der Waals surface area contributed by atoms with Gasteiger partial charge in [-0.05, 0) is 24.3 Å². The normalized spacial score (nSPS) is 10.9. The number of terminal acetylenes is 1. The lowest BCUT2D eigenvalue weighted by Crippen LogP contribution is -1.99. The number of allylic oxidation sites excluding steroid dienone is 1. The van der Waals surface area contributed by atoms with Crippen LogP contribution in [0.15, 0.2) is 42.5 Å². The van der Waals surface area contributed by atoms with Crippen molar-refractivity contribution in [3.8, 4) is 29.9 Å². The van der Waals surface area contributed by atoms with Crippen molar-refractivity contribution in [2.45, 2.75) is 0 Å². The Labute approximate surface area is 145 Å². The quantitative estimate of drug-likeness (QED) is 0.573. The molecular formula is C20H15N3O2. The summed E-state index contributed by atoms with van der Waals surface area (Å²) in [6, 6.07) is 15.2. The van der Waals surface area contributed by atoms with Crippen LogP contribution in [0.25, 0.3) is 22.7 Å². The molecule has 0 spiro atoms. The second kappa shape index (κ2) is 7.25. The molecule has 0 fully saturated rings. The molecule has 0 amide bonds. The zero-order chi connectivity index (χ0) is 17.6. The van der Waals surface area contributed by atoms with Gasteiger partial charge in [-0.1, -0.05) is 30.2 Å². The van der Waals surface area contributed by atoms with Crippen molar-refractivity contribution in [3.63, 3.8) is 0 Å². The molecule has 0 unspecified atom stereocenters. The van der Waals surface area contributed by atoms with E-state index < -0.39 is 0 Å². The minimum Gasteiger partial charge on any atom is -0.493 e. The molecule has 0 saturated heterocycles. The fraction of sp³-hybridized carbons (Fsp3) is 0.100. The third-order valence-electron chi connectivity index (χ3n) is 3.59. The van der Waals surface area contributed by atoms with Crippen molar-refractivity contribution in [1.82, 2.24) is 9.97 Å². The predicted molar refractivity (Wildman–Crippen MR) is 96.9 cm³/mol. The number of fused-ring (bicyclic) bond motifs is 1. The predicted octanol–water partition coefficient (Wildman–Crippen LogP) is 3.65. The number of nitrogens with one attached hydrogen (secondary N) is 1. The van der Waals surface area contributed by atoms with Gasteiger partial charge >= 0.3 is 0 Å². The third-order valence-corrected chi connectivity index (χ3v) is 3.59. The Morgan fingerprint density at radius 3 is 2.84 bits per heavy atom. The molecule has 1 N–H and O–H groups in total. The van der Waals surface area contributed by atoms with Crippen LogP contribution in [0.5, 0.6) is 11.5 Å². The number of aromatic amines is 1. The summed E-state index contributed by atoms with van der Waals surface area (Å²) in [7, 11) is 1.55. The van der Waals surface area contributed by atoms with Crippen LogP contribution >= 0.6 is 0 Å². The SMILES string of the molecule is C#CCOc1c(/C=C(/C#N)c2nc3ccccc3[nH]2)cccc1OC. The Morgan fingerprint density at radius 1 is 1.28 bits per heavy atom. The van der Waals surface area contributed by atoms with Crippen molar-refractivity contribution in [2.24, 2.45) is 0 Å². The van der Waals surface area contributed by atoms with E-state index in [-0.39, 0.29) is 6.61 Å². The third kappa shape index (κ3) is 3.31. The molecule has 122 valence electrons. The maximum Gasteiger partial charge on any atom is 0.169 e. The van der Waals surface area contributed by atoms with E-state index >= 15 is 0 Å². The maximum atomic E-state index is 9.58. The van der Waals surface area contributed by atoms with Gasteiger partial charge in [0.15, 0.2) is 11.5 Å². The highest BCUT2D eigenvalue weighted by Gasteiger charge is 2.12. The fourth-order valence-corrected chi connectivity index (χ4v) is 2.46. The maximum absolute atomic E-state index is 9.58. The highest BCUT2D eigenvalue weighted by molar-refractivity contribution is 5.91. The summed E-state index contributed by atoms with van der Waals surface area (Å²) in [4.78, 5) is 7.62. The minimum atomic E-state index is 0.105. The number of aromatic nitrogens is 2. The van der Waals surface area contributed by atoms with Gasteiger partial charge in [0.1, 0.15) is 18.5 Å². The number of rotatable bonds is 5. The second-order valence-electron chi connectivity index (χ2n) is 5.14.